The van der Waals surface area contributed by atoms with E-state index in [-0.39, 0.29) is 11.4 Å². The van der Waals surface area contributed by atoms with Crippen LogP contribution >= 0.6 is 0 Å². The van der Waals surface area contributed by atoms with Crippen molar-refractivity contribution >= 4 is 0 Å². The number of hydrogen-bond donors (Lipinski definition) is 1. The zero-order valence-corrected chi connectivity index (χ0v) is 9.38. The summed E-state index contributed by atoms with van der Waals surface area (Å²) in [5.41, 5.74) is 0.117. The molecule has 1 heterocycles. The second-order valence-electron chi connectivity index (χ2n) is 3.58. The van der Waals surface area contributed by atoms with Gasteiger partial charge in [0.05, 0.1) is 0 Å². The van der Waals surface area contributed by atoms with Crippen molar-refractivity contribution in [3.63, 3.8) is 0 Å². The first kappa shape index (κ1) is 14.2. The summed E-state index contributed by atoms with van der Waals surface area (Å²) in [6.07, 6.45) is -9.51. The predicted octanol–water partition coefficient (Wildman–Crippen LogP) is 3.39. The first-order valence-corrected chi connectivity index (χ1v) is 5.01. The number of aromatic nitrogens is 3. The number of nitrogens with one attached hydrogen (secondary N) is 1. The van der Waals surface area contributed by atoms with E-state index in [1.54, 1.807) is 5.10 Å². The van der Waals surface area contributed by atoms with Gasteiger partial charge in [-0.1, -0.05) is 0 Å². The topological polar surface area (TPSA) is 50.8 Å². The van der Waals surface area contributed by atoms with E-state index in [1.807, 2.05) is 0 Å². The van der Waals surface area contributed by atoms with Crippen LogP contribution in [-0.2, 0) is 6.18 Å². The summed E-state index contributed by atoms with van der Waals surface area (Å²) in [4.78, 5) is 3.20. The Morgan fingerprint density at radius 3 is 2.00 bits per heavy atom. The maximum atomic E-state index is 12.3. The Hall–Kier alpha value is -2.26. The van der Waals surface area contributed by atoms with Crippen molar-refractivity contribution in [2.75, 3.05) is 0 Å². The molecular formula is C10H5F6N3O. The van der Waals surface area contributed by atoms with Gasteiger partial charge < -0.3 is 4.74 Å². The van der Waals surface area contributed by atoms with Gasteiger partial charge in [0.25, 0.3) is 0 Å². The van der Waals surface area contributed by atoms with Crippen LogP contribution < -0.4 is 4.74 Å². The molecular weight excluding hydrogens is 292 g/mol. The van der Waals surface area contributed by atoms with Gasteiger partial charge in [-0.2, -0.15) is 18.3 Å². The van der Waals surface area contributed by atoms with Crippen LogP contribution in [0.2, 0.25) is 0 Å². The van der Waals surface area contributed by atoms with Crippen LogP contribution in [-0.4, -0.2) is 21.5 Å². The van der Waals surface area contributed by atoms with E-state index in [4.69, 9.17) is 0 Å². The lowest BCUT2D eigenvalue weighted by atomic mass is 10.2. The highest BCUT2D eigenvalue weighted by molar-refractivity contribution is 5.55. The monoisotopic (exact) mass is 297 g/mol. The molecule has 4 nitrogen and oxygen atoms in total. The molecule has 0 bridgehead atoms. The lowest BCUT2D eigenvalue weighted by molar-refractivity contribution is -0.274. The minimum atomic E-state index is -4.84. The average Bonchev–Trinajstić information content (AvgIpc) is 2.76. The van der Waals surface area contributed by atoms with Crippen LogP contribution in [0.5, 0.6) is 5.75 Å². The summed E-state index contributed by atoms with van der Waals surface area (Å²) in [6, 6.07) is 4.13. The first-order valence-electron chi connectivity index (χ1n) is 5.01. The molecule has 108 valence electrons. The van der Waals surface area contributed by atoms with E-state index in [0.717, 1.165) is 24.3 Å². The summed E-state index contributed by atoms with van der Waals surface area (Å²) in [5.74, 6) is -2.06. The molecule has 0 spiro atoms. The van der Waals surface area contributed by atoms with Crippen molar-refractivity contribution in [2.24, 2.45) is 0 Å². The number of alkyl halides is 6. The minimum absolute atomic E-state index is 0.117. The van der Waals surface area contributed by atoms with Crippen LogP contribution in [0.25, 0.3) is 11.4 Å². The lowest BCUT2D eigenvalue weighted by Crippen LogP contribution is -2.16. The number of H-pyrrole nitrogens is 1. The molecule has 2 aromatic rings. The van der Waals surface area contributed by atoms with Gasteiger partial charge in [0.2, 0.25) is 5.82 Å². The fraction of sp³-hybridized carbons (Fsp3) is 0.200. The van der Waals surface area contributed by atoms with Gasteiger partial charge in [-0.3, -0.25) is 5.10 Å². The third-order valence-electron chi connectivity index (χ3n) is 2.10. The fourth-order valence-corrected chi connectivity index (χ4v) is 1.32. The second kappa shape index (κ2) is 4.69. The Bertz CT molecular complexity index is 586. The Balaban J connectivity index is 2.20. The normalized spacial score (nSPS) is 12.5. The highest BCUT2D eigenvalue weighted by atomic mass is 19.4. The zero-order valence-electron chi connectivity index (χ0n) is 9.38. The zero-order chi connectivity index (χ0) is 15.0. The van der Waals surface area contributed by atoms with Crippen LogP contribution in [0.1, 0.15) is 5.82 Å². The van der Waals surface area contributed by atoms with Gasteiger partial charge in [-0.05, 0) is 24.3 Å². The van der Waals surface area contributed by atoms with Crippen molar-refractivity contribution < 1.29 is 31.1 Å². The van der Waals surface area contributed by atoms with E-state index in [0.29, 0.717) is 0 Å². The summed E-state index contributed by atoms with van der Waals surface area (Å²) in [6.45, 7) is 0. The predicted molar refractivity (Wildman–Crippen MR) is 53.5 cm³/mol. The molecule has 2 rings (SSSR count). The standard InChI is InChI=1S/C10H5F6N3O/c11-9(12,13)8-17-7(18-19-8)5-1-3-6(4-2-5)20-10(14,15)16/h1-4H,(H,17,18,19). The molecule has 0 radical (unpaired) electrons. The molecule has 0 amide bonds. The smallest absolute Gasteiger partial charge is 0.406 e. The Kier molecular flexibility index (Phi) is 3.32. The maximum absolute atomic E-state index is 12.3. The van der Waals surface area contributed by atoms with E-state index in [9.17, 15) is 26.3 Å². The third kappa shape index (κ3) is 3.39. The summed E-state index contributed by atoms with van der Waals surface area (Å²) in [5, 5.41) is 5.04. The van der Waals surface area contributed by atoms with E-state index in [2.05, 4.69) is 14.8 Å². The number of ether oxygens (including phenoxy) is 1. The Morgan fingerprint density at radius 1 is 0.950 bits per heavy atom. The Morgan fingerprint density at radius 2 is 1.55 bits per heavy atom. The van der Waals surface area contributed by atoms with Gasteiger partial charge in [0.15, 0.2) is 5.82 Å². The fourth-order valence-electron chi connectivity index (χ4n) is 1.32. The molecule has 10 heteroatoms. The molecule has 0 fully saturated rings. The molecule has 1 aromatic carbocycles. The highest BCUT2D eigenvalue weighted by Crippen LogP contribution is 2.29. The van der Waals surface area contributed by atoms with Gasteiger partial charge in [0, 0.05) is 5.56 Å². The molecule has 20 heavy (non-hydrogen) atoms. The number of nitrogens with zero attached hydrogens (tertiary/aromatic N) is 2. The quantitative estimate of drug-likeness (QED) is 0.864. The molecule has 0 aliphatic heterocycles. The molecule has 0 unspecified atom stereocenters. The number of hydrogen-bond acceptors (Lipinski definition) is 3. The highest BCUT2D eigenvalue weighted by Gasteiger charge is 2.35. The SMILES string of the molecule is FC(F)(F)Oc1ccc(-c2n[nH]c(C(F)(F)F)n2)cc1. The van der Waals surface area contributed by atoms with Gasteiger partial charge >= 0.3 is 12.5 Å². The van der Waals surface area contributed by atoms with Crippen molar-refractivity contribution in [1.82, 2.24) is 15.2 Å². The summed E-state index contributed by atoms with van der Waals surface area (Å²) >= 11 is 0. The van der Waals surface area contributed by atoms with E-state index in [1.165, 1.54) is 0 Å². The maximum Gasteiger partial charge on any atom is 0.573 e. The van der Waals surface area contributed by atoms with Crippen molar-refractivity contribution in [2.45, 2.75) is 12.5 Å². The number of rotatable bonds is 2. The molecule has 1 aromatic heterocycles. The second-order valence-corrected chi connectivity index (χ2v) is 3.58. The molecule has 0 aliphatic rings. The number of aromatic amines is 1. The van der Waals surface area contributed by atoms with Crippen LogP contribution in [0.3, 0.4) is 0 Å². The van der Waals surface area contributed by atoms with Crippen LogP contribution in [0.4, 0.5) is 26.3 Å². The van der Waals surface area contributed by atoms with E-state index < -0.39 is 24.1 Å². The molecule has 0 saturated heterocycles. The van der Waals surface area contributed by atoms with E-state index >= 15 is 0 Å². The molecule has 0 saturated carbocycles. The largest absolute Gasteiger partial charge is 0.573 e. The summed E-state index contributed by atoms with van der Waals surface area (Å²) < 4.78 is 76.3. The van der Waals surface area contributed by atoms with Crippen molar-refractivity contribution in [3.05, 3.63) is 30.1 Å². The van der Waals surface area contributed by atoms with Crippen molar-refractivity contribution in [3.8, 4) is 17.1 Å². The van der Waals surface area contributed by atoms with Gasteiger partial charge in [-0.15, -0.1) is 13.2 Å². The molecule has 0 aliphatic carbocycles. The Labute approximate surface area is 107 Å². The van der Waals surface area contributed by atoms with Gasteiger partial charge in [-0.25, -0.2) is 4.98 Å². The van der Waals surface area contributed by atoms with Crippen molar-refractivity contribution in [1.29, 1.82) is 0 Å². The van der Waals surface area contributed by atoms with Crippen LogP contribution in [0, 0.1) is 0 Å². The number of halogens is 6. The first-order chi connectivity index (χ1) is 9.15. The minimum Gasteiger partial charge on any atom is -0.406 e. The van der Waals surface area contributed by atoms with Gasteiger partial charge in [0.1, 0.15) is 5.75 Å². The van der Waals surface area contributed by atoms with Crippen LogP contribution in [0.15, 0.2) is 24.3 Å². The number of benzene rings is 1. The summed E-state index contributed by atoms with van der Waals surface area (Å²) in [7, 11) is 0. The molecule has 1 N–H and O–H groups in total. The lowest BCUT2D eigenvalue weighted by Gasteiger charge is -2.08. The third-order valence-corrected chi connectivity index (χ3v) is 2.10. The molecule has 0 atom stereocenters. The average molecular weight is 297 g/mol.